The molecule has 0 amide bonds. The molecule has 0 aromatic carbocycles. The lowest BCUT2D eigenvalue weighted by Crippen LogP contribution is -2.55. The van der Waals surface area contributed by atoms with Crippen LogP contribution in [0.4, 0.5) is 0 Å². The van der Waals surface area contributed by atoms with Gasteiger partial charge in [0.1, 0.15) is 19.8 Å². The van der Waals surface area contributed by atoms with Crippen LogP contribution in [0.2, 0.25) is 0 Å². The number of esters is 3. The van der Waals surface area contributed by atoms with Crippen molar-refractivity contribution in [2.45, 2.75) is 175 Å². The van der Waals surface area contributed by atoms with Crippen LogP contribution in [0.25, 0.3) is 0 Å². The number of rotatable bonds is 39. The van der Waals surface area contributed by atoms with E-state index in [0.717, 1.165) is 48.2 Å². The van der Waals surface area contributed by atoms with Crippen LogP contribution >= 0.6 is 35.3 Å². The number of thioether (sulfide) groups is 3. The van der Waals surface area contributed by atoms with Gasteiger partial charge in [0.05, 0.1) is 19.6 Å². The summed E-state index contributed by atoms with van der Waals surface area (Å²) in [6, 6.07) is 0. The SMILES string of the molecule is CCCCCCCSCCCC(=O)OCCn1c(=O)n(CCOC(=O)CCCSCCCCCCC)c(=O)n(CCOC(=O)CCCSCCCCCCC)c1=O. The number of carbonyl (C=O) groups excluding carboxylic acids is 3. The maximum Gasteiger partial charge on any atom is 0.336 e. The van der Waals surface area contributed by atoms with Gasteiger partial charge in [-0.25, -0.2) is 28.1 Å². The molecular weight excluding hydrogens is 787 g/mol. The van der Waals surface area contributed by atoms with Crippen molar-refractivity contribution in [2.24, 2.45) is 0 Å². The van der Waals surface area contributed by atoms with Gasteiger partial charge in [0.25, 0.3) is 0 Å². The van der Waals surface area contributed by atoms with E-state index in [1.165, 1.54) is 96.3 Å². The molecule has 0 radical (unpaired) electrons. The third-order valence-electron chi connectivity index (χ3n) is 9.30. The van der Waals surface area contributed by atoms with Crippen molar-refractivity contribution in [1.82, 2.24) is 13.7 Å². The predicted octanol–water partition coefficient (Wildman–Crippen LogP) is 8.25. The first-order valence-electron chi connectivity index (χ1n) is 21.9. The van der Waals surface area contributed by atoms with E-state index in [-0.39, 0.29) is 58.7 Å². The minimum atomic E-state index is -0.890. The molecule has 1 aromatic rings. The molecule has 0 aliphatic rings. The van der Waals surface area contributed by atoms with E-state index in [4.69, 9.17) is 14.2 Å². The Bertz CT molecular complexity index is 1190. The molecule has 57 heavy (non-hydrogen) atoms. The molecule has 0 fully saturated rings. The monoisotopic (exact) mass is 861 g/mol. The Morgan fingerprint density at radius 2 is 0.632 bits per heavy atom. The summed E-state index contributed by atoms with van der Waals surface area (Å²) in [5, 5.41) is 0. The molecule has 1 rings (SSSR count). The lowest BCUT2D eigenvalue weighted by Gasteiger charge is -2.14. The standard InChI is InChI=1S/C42H75N3O9S3/c1-4-7-10-13-16-31-55-34-19-22-37(46)52-28-25-43-40(49)44(26-29-53-38(47)23-20-35-56-32-17-14-11-8-5-2)42(51)45(41(43)50)27-30-54-39(48)24-21-36-57-33-18-15-12-9-6-3/h4-36H2,1-3H3. The minimum Gasteiger partial charge on any atom is -0.464 e. The van der Waals surface area contributed by atoms with Gasteiger partial charge in [-0.2, -0.15) is 35.3 Å². The Morgan fingerprint density at radius 1 is 0.386 bits per heavy atom. The van der Waals surface area contributed by atoms with Crippen molar-refractivity contribution in [3.05, 3.63) is 31.5 Å². The molecule has 0 unspecified atom stereocenters. The van der Waals surface area contributed by atoms with Gasteiger partial charge in [-0.05, 0) is 73.0 Å². The fourth-order valence-electron chi connectivity index (χ4n) is 5.91. The highest BCUT2D eigenvalue weighted by Crippen LogP contribution is 2.13. The maximum absolute atomic E-state index is 13.4. The van der Waals surface area contributed by atoms with Gasteiger partial charge >= 0.3 is 35.0 Å². The number of hydrogen-bond donors (Lipinski definition) is 0. The first kappa shape index (κ1) is 52.9. The van der Waals surface area contributed by atoms with Crippen molar-refractivity contribution in [2.75, 3.05) is 54.3 Å². The number of aromatic nitrogens is 3. The van der Waals surface area contributed by atoms with Gasteiger partial charge in [-0.1, -0.05) is 97.8 Å². The zero-order chi connectivity index (χ0) is 41.8. The maximum atomic E-state index is 13.4. The molecule has 0 spiro atoms. The second kappa shape index (κ2) is 36.9. The molecule has 0 aliphatic heterocycles. The van der Waals surface area contributed by atoms with Gasteiger partial charge in [-0.3, -0.25) is 14.4 Å². The van der Waals surface area contributed by atoms with Crippen molar-refractivity contribution < 1.29 is 28.6 Å². The van der Waals surface area contributed by atoms with Crippen molar-refractivity contribution >= 4 is 53.2 Å². The first-order chi connectivity index (χ1) is 27.8. The van der Waals surface area contributed by atoms with Crippen LogP contribution in [0, 0.1) is 0 Å². The van der Waals surface area contributed by atoms with E-state index in [2.05, 4.69) is 20.8 Å². The van der Waals surface area contributed by atoms with Crippen molar-refractivity contribution in [3.63, 3.8) is 0 Å². The Balaban J connectivity index is 2.73. The molecule has 15 heteroatoms. The molecule has 12 nitrogen and oxygen atoms in total. The van der Waals surface area contributed by atoms with Gasteiger partial charge in [0.15, 0.2) is 0 Å². The Morgan fingerprint density at radius 3 is 0.895 bits per heavy atom. The number of carbonyl (C=O) groups is 3. The summed E-state index contributed by atoms with van der Waals surface area (Å²) in [5.41, 5.74) is -2.67. The summed E-state index contributed by atoms with van der Waals surface area (Å²) in [6.07, 6.45) is 21.1. The van der Waals surface area contributed by atoms with Crippen LogP contribution in [0.15, 0.2) is 14.4 Å². The van der Waals surface area contributed by atoms with Gasteiger partial charge in [-0.15, -0.1) is 0 Å². The quantitative estimate of drug-likeness (QED) is 0.0357. The fraction of sp³-hybridized carbons (Fsp3) is 0.857. The van der Waals surface area contributed by atoms with Crippen molar-refractivity contribution in [1.29, 1.82) is 0 Å². The Hall–Kier alpha value is -2.13. The lowest BCUT2D eigenvalue weighted by molar-refractivity contribution is -0.144. The Kier molecular flexibility index (Phi) is 34.2. The van der Waals surface area contributed by atoms with Crippen LogP contribution in [0.5, 0.6) is 0 Å². The fourth-order valence-corrected chi connectivity index (χ4v) is 8.79. The number of hydrogen-bond acceptors (Lipinski definition) is 12. The number of ether oxygens (including phenoxy) is 3. The smallest absolute Gasteiger partial charge is 0.336 e. The number of nitrogens with zero attached hydrogens (tertiary/aromatic N) is 3. The second-order valence-corrected chi connectivity index (χ2v) is 18.0. The predicted molar refractivity (Wildman–Crippen MR) is 238 cm³/mol. The third-order valence-corrected chi connectivity index (χ3v) is 12.8. The summed E-state index contributed by atoms with van der Waals surface area (Å²) in [6.45, 7) is 5.12. The average Bonchev–Trinajstić information content (AvgIpc) is 3.19. The van der Waals surface area contributed by atoms with Gasteiger partial charge in [0, 0.05) is 19.3 Å². The molecule has 0 saturated carbocycles. The van der Waals surface area contributed by atoms with E-state index in [1.54, 1.807) is 0 Å². The van der Waals surface area contributed by atoms with E-state index in [9.17, 15) is 28.8 Å². The summed E-state index contributed by atoms with van der Waals surface area (Å²) in [4.78, 5) is 77.4. The van der Waals surface area contributed by atoms with Crippen LogP contribution in [0.3, 0.4) is 0 Å². The average molecular weight is 862 g/mol. The minimum absolute atomic E-state index is 0.228. The first-order valence-corrected chi connectivity index (χ1v) is 25.4. The topological polar surface area (TPSA) is 145 Å². The Labute approximate surface area is 355 Å². The summed E-state index contributed by atoms with van der Waals surface area (Å²) in [7, 11) is 0. The molecule has 0 atom stereocenters. The largest absolute Gasteiger partial charge is 0.464 e. The molecule has 1 heterocycles. The lowest BCUT2D eigenvalue weighted by atomic mass is 10.2. The van der Waals surface area contributed by atoms with E-state index in [1.807, 2.05) is 35.3 Å². The van der Waals surface area contributed by atoms with Crippen LogP contribution in [-0.2, 0) is 48.2 Å². The van der Waals surface area contributed by atoms with E-state index >= 15 is 0 Å². The molecule has 0 N–H and O–H groups in total. The van der Waals surface area contributed by atoms with E-state index < -0.39 is 35.0 Å². The zero-order valence-corrected chi connectivity index (χ0v) is 38.0. The normalized spacial score (nSPS) is 11.2. The molecule has 330 valence electrons. The molecule has 0 bridgehead atoms. The second-order valence-electron chi connectivity index (χ2n) is 14.4. The highest BCUT2D eigenvalue weighted by molar-refractivity contribution is 7.99. The summed E-state index contributed by atoms with van der Waals surface area (Å²) >= 11 is 5.47. The number of unbranched alkanes of at least 4 members (excludes halogenated alkanes) is 12. The van der Waals surface area contributed by atoms with Gasteiger partial charge < -0.3 is 14.2 Å². The highest BCUT2D eigenvalue weighted by Gasteiger charge is 2.17. The molecular formula is C42H75N3O9S3. The summed E-state index contributed by atoms with van der Waals surface area (Å²) in [5.74, 6) is 4.49. The molecule has 0 saturated heterocycles. The van der Waals surface area contributed by atoms with Crippen molar-refractivity contribution in [3.8, 4) is 0 Å². The van der Waals surface area contributed by atoms with Crippen LogP contribution in [-0.4, -0.2) is 85.9 Å². The zero-order valence-electron chi connectivity index (χ0n) is 35.6. The third kappa shape index (κ3) is 27.3. The van der Waals surface area contributed by atoms with Crippen LogP contribution in [0.1, 0.15) is 156 Å². The van der Waals surface area contributed by atoms with E-state index in [0.29, 0.717) is 19.3 Å². The van der Waals surface area contributed by atoms with Gasteiger partial charge in [0.2, 0.25) is 0 Å². The van der Waals surface area contributed by atoms with Crippen LogP contribution < -0.4 is 17.1 Å². The summed E-state index contributed by atoms with van der Waals surface area (Å²) < 4.78 is 18.6. The molecule has 0 aliphatic carbocycles. The molecule has 1 aromatic heterocycles. The highest BCUT2D eigenvalue weighted by atomic mass is 32.2.